The molecule has 1 heterocycles. The Morgan fingerprint density at radius 3 is 2.44 bits per heavy atom. The van der Waals surface area contributed by atoms with Crippen molar-refractivity contribution in [3.63, 3.8) is 0 Å². The Balaban J connectivity index is 2.23. The first-order valence-corrected chi connectivity index (χ1v) is 3.38. The standard InChI is InChI=1S/C6H12N2O/c9-7-6-8-4-2-1-3-5-8/h6-7H,1-5H2. The Morgan fingerprint density at radius 1 is 1.22 bits per heavy atom. The summed E-state index contributed by atoms with van der Waals surface area (Å²) >= 11 is 0. The quantitative estimate of drug-likeness (QED) is 0.215. The minimum absolute atomic E-state index is 1.04. The fraction of sp³-hybridized carbons (Fsp3) is 0.833. The molecule has 52 valence electrons. The highest BCUT2D eigenvalue weighted by atomic mass is 16.4. The van der Waals surface area contributed by atoms with Gasteiger partial charge >= 0.3 is 0 Å². The van der Waals surface area contributed by atoms with Gasteiger partial charge in [-0.05, 0) is 19.3 Å². The molecule has 0 aromatic rings. The van der Waals surface area contributed by atoms with Gasteiger partial charge in [0.25, 0.3) is 0 Å². The van der Waals surface area contributed by atoms with E-state index in [0.717, 1.165) is 13.1 Å². The van der Waals surface area contributed by atoms with Crippen molar-refractivity contribution in [3.05, 3.63) is 5.21 Å². The normalized spacial score (nSPS) is 21.1. The Hall–Kier alpha value is -0.730. The third kappa shape index (κ3) is 1.91. The van der Waals surface area contributed by atoms with Crippen LogP contribution >= 0.6 is 0 Å². The van der Waals surface area contributed by atoms with Crippen LogP contribution in [0, 0.1) is 5.21 Å². The lowest BCUT2D eigenvalue weighted by molar-refractivity contribution is -0.374. The van der Waals surface area contributed by atoms with E-state index in [4.69, 9.17) is 0 Å². The highest BCUT2D eigenvalue weighted by molar-refractivity contribution is 5.47. The van der Waals surface area contributed by atoms with E-state index in [1.54, 1.807) is 5.16 Å². The molecule has 1 N–H and O–H groups in total. The highest BCUT2D eigenvalue weighted by Gasteiger charge is 2.10. The second kappa shape index (κ2) is 3.33. The average molecular weight is 128 g/mol. The maximum absolute atomic E-state index is 9.85. The molecule has 0 aliphatic carbocycles. The largest absolute Gasteiger partial charge is 0.718 e. The SMILES string of the molecule is [O-][NH+]=CN1CCCCC1. The van der Waals surface area contributed by atoms with Gasteiger partial charge in [0.2, 0.25) is 6.34 Å². The van der Waals surface area contributed by atoms with Crippen molar-refractivity contribution in [1.29, 1.82) is 0 Å². The van der Waals surface area contributed by atoms with Crippen LogP contribution in [0.15, 0.2) is 0 Å². The molecule has 0 atom stereocenters. The Labute approximate surface area is 55.0 Å². The van der Waals surface area contributed by atoms with Gasteiger partial charge in [0.05, 0.1) is 13.1 Å². The summed E-state index contributed by atoms with van der Waals surface area (Å²) in [4.78, 5) is 2.02. The van der Waals surface area contributed by atoms with E-state index in [2.05, 4.69) is 0 Å². The van der Waals surface area contributed by atoms with Crippen molar-refractivity contribution >= 4 is 6.34 Å². The van der Waals surface area contributed by atoms with E-state index in [1.165, 1.54) is 25.6 Å². The molecule has 1 aliphatic rings. The molecule has 0 radical (unpaired) electrons. The van der Waals surface area contributed by atoms with Gasteiger partial charge in [0.1, 0.15) is 0 Å². The summed E-state index contributed by atoms with van der Waals surface area (Å²) in [5.74, 6) is 0. The molecule has 1 rings (SSSR count). The summed E-state index contributed by atoms with van der Waals surface area (Å²) in [5, 5.41) is 11.6. The van der Waals surface area contributed by atoms with Crippen LogP contribution in [0.4, 0.5) is 0 Å². The van der Waals surface area contributed by atoms with E-state index < -0.39 is 0 Å². The van der Waals surface area contributed by atoms with Crippen molar-refractivity contribution in [2.24, 2.45) is 0 Å². The highest BCUT2D eigenvalue weighted by Crippen LogP contribution is 2.04. The number of rotatable bonds is 1. The fourth-order valence-electron chi connectivity index (χ4n) is 1.12. The third-order valence-corrected chi connectivity index (χ3v) is 1.63. The van der Waals surface area contributed by atoms with Gasteiger partial charge in [0.15, 0.2) is 0 Å². The maximum atomic E-state index is 9.85. The van der Waals surface area contributed by atoms with Crippen molar-refractivity contribution in [3.8, 4) is 0 Å². The van der Waals surface area contributed by atoms with E-state index >= 15 is 0 Å². The molecule has 1 saturated heterocycles. The number of nitrogens with one attached hydrogen (secondary N) is 1. The summed E-state index contributed by atoms with van der Waals surface area (Å²) in [6, 6.07) is 0. The van der Waals surface area contributed by atoms with Crippen LogP contribution in [-0.2, 0) is 0 Å². The number of nitrogens with zero attached hydrogens (tertiary/aromatic N) is 1. The smallest absolute Gasteiger partial charge is 0.234 e. The van der Waals surface area contributed by atoms with Crippen LogP contribution in [0.1, 0.15) is 19.3 Å². The molecule has 1 fully saturated rings. The molecule has 0 amide bonds. The second-order valence-electron chi connectivity index (χ2n) is 2.34. The Bertz CT molecular complexity index is 97.2. The monoisotopic (exact) mass is 128 g/mol. The van der Waals surface area contributed by atoms with E-state index in [0.29, 0.717) is 0 Å². The molecule has 0 bridgehead atoms. The molecule has 3 nitrogen and oxygen atoms in total. The van der Waals surface area contributed by atoms with Gasteiger partial charge < -0.3 is 5.21 Å². The zero-order valence-electron chi connectivity index (χ0n) is 5.47. The summed E-state index contributed by atoms with van der Waals surface area (Å²) in [6.07, 6.45) is 5.26. The first-order valence-electron chi connectivity index (χ1n) is 3.38. The van der Waals surface area contributed by atoms with Crippen molar-refractivity contribution < 1.29 is 5.16 Å². The summed E-state index contributed by atoms with van der Waals surface area (Å²) in [5.41, 5.74) is 0. The third-order valence-electron chi connectivity index (χ3n) is 1.63. The van der Waals surface area contributed by atoms with Gasteiger partial charge in [0, 0.05) is 0 Å². The lowest BCUT2D eigenvalue weighted by Gasteiger charge is -2.17. The predicted molar refractivity (Wildman–Crippen MR) is 35.8 cm³/mol. The summed E-state index contributed by atoms with van der Waals surface area (Å²) < 4.78 is 0. The van der Waals surface area contributed by atoms with Crippen LogP contribution in [0.2, 0.25) is 0 Å². The number of piperidine rings is 1. The van der Waals surface area contributed by atoms with Gasteiger partial charge in [-0.1, -0.05) is 0 Å². The van der Waals surface area contributed by atoms with Crippen LogP contribution in [0.3, 0.4) is 0 Å². The first kappa shape index (κ1) is 6.39. The molecule has 9 heavy (non-hydrogen) atoms. The number of hydrogen-bond donors (Lipinski definition) is 1. The van der Waals surface area contributed by atoms with Crippen molar-refractivity contribution in [1.82, 2.24) is 4.90 Å². The maximum Gasteiger partial charge on any atom is 0.234 e. The minimum atomic E-state index is 1.04. The fourth-order valence-corrected chi connectivity index (χ4v) is 1.12. The Kier molecular flexibility index (Phi) is 2.36. The Morgan fingerprint density at radius 2 is 1.89 bits per heavy atom. The molecule has 1 aliphatic heterocycles. The van der Waals surface area contributed by atoms with E-state index in [1.807, 2.05) is 4.90 Å². The zero-order chi connectivity index (χ0) is 6.53. The molecule has 0 saturated carbocycles. The van der Waals surface area contributed by atoms with Crippen molar-refractivity contribution in [2.75, 3.05) is 13.1 Å². The average Bonchev–Trinajstić information content (AvgIpc) is 1.91. The van der Waals surface area contributed by atoms with Gasteiger partial charge in [-0.3, -0.25) is 10.1 Å². The van der Waals surface area contributed by atoms with Crippen LogP contribution in [0.5, 0.6) is 0 Å². The molecule has 0 aromatic heterocycles. The molecule has 0 unspecified atom stereocenters. The molecule has 3 heteroatoms. The van der Waals surface area contributed by atoms with Crippen LogP contribution in [-0.4, -0.2) is 24.3 Å². The predicted octanol–water partition coefficient (Wildman–Crippen LogP) is -0.921. The summed E-state index contributed by atoms with van der Waals surface area (Å²) in [7, 11) is 0. The molecular formula is C6H12N2O. The zero-order valence-corrected chi connectivity index (χ0v) is 5.47. The first-order chi connectivity index (χ1) is 4.43. The van der Waals surface area contributed by atoms with E-state index in [9.17, 15) is 5.21 Å². The molecular weight excluding hydrogens is 116 g/mol. The van der Waals surface area contributed by atoms with Crippen molar-refractivity contribution in [2.45, 2.75) is 19.3 Å². The second-order valence-corrected chi connectivity index (χ2v) is 2.34. The van der Waals surface area contributed by atoms with Crippen LogP contribution in [0.25, 0.3) is 0 Å². The van der Waals surface area contributed by atoms with Gasteiger partial charge in [-0.25, -0.2) is 0 Å². The lowest BCUT2D eigenvalue weighted by Crippen LogP contribution is -2.64. The summed E-state index contributed by atoms with van der Waals surface area (Å²) in [6.45, 7) is 2.07. The van der Waals surface area contributed by atoms with Gasteiger partial charge in [-0.2, -0.15) is 0 Å². The minimum Gasteiger partial charge on any atom is -0.718 e. The van der Waals surface area contributed by atoms with Crippen LogP contribution < -0.4 is 5.16 Å². The number of likely N-dealkylation sites (tertiary alicyclic amines) is 1. The molecule has 0 aromatic carbocycles. The lowest BCUT2D eigenvalue weighted by atomic mass is 10.1. The van der Waals surface area contributed by atoms with Gasteiger partial charge in [-0.15, -0.1) is 0 Å². The van der Waals surface area contributed by atoms with E-state index in [-0.39, 0.29) is 0 Å². The number of hydrogen-bond acceptors (Lipinski definition) is 1. The molecule has 0 spiro atoms. The topological polar surface area (TPSA) is 40.3 Å².